The summed E-state index contributed by atoms with van der Waals surface area (Å²) in [6.45, 7) is 1.14. The minimum Gasteiger partial charge on any atom is -0.343 e. The zero-order chi connectivity index (χ0) is 19.8. The van der Waals surface area contributed by atoms with Crippen molar-refractivity contribution < 1.29 is 4.79 Å². The topological polar surface area (TPSA) is 97.7 Å². The van der Waals surface area contributed by atoms with Crippen LogP contribution in [0.3, 0.4) is 0 Å². The van der Waals surface area contributed by atoms with Crippen molar-refractivity contribution in [2.75, 3.05) is 18.4 Å². The molecule has 0 saturated carbocycles. The van der Waals surface area contributed by atoms with Gasteiger partial charge in [0.05, 0.1) is 17.3 Å². The number of aryl methyl sites for hydroxylation is 2. The molecule has 2 amide bonds. The first-order chi connectivity index (χ1) is 14.2. The molecule has 2 N–H and O–H groups in total. The van der Waals surface area contributed by atoms with E-state index in [0.29, 0.717) is 24.3 Å². The van der Waals surface area contributed by atoms with Crippen LogP contribution in [0.15, 0.2) is 36.7 Å². The van der Waals surface area contributed by atoms with Gasteiger partial charge in [0, 0.05) is 29.9 Å². The highest BCUT2D eigenvalue weighted by atomic mass is 16.2. The highest BCUT2D eigenvalue weighted by molar-refractivity contribution is 5.94. The molecule has 29 heavy (non-hydrogen) atoms. The molecule has 0 atom stereocenters. The molecule has 2 aromatic heterocycles. The van der Waals surface area contributed by atoms with E-state index in [2.05, 4.69) is 32.4 Å². The number of anilines is 1. The van der Waals surface area contributed by atoms with E-state index in [9.17, 15) is 4.79 Å². The fourth-order valence-electron chi connectivity index (χ4n) is 4.25. The third-order valence-electron chi connectivity index (χ3n) is 5.68. The average Bonchev–Trinajstić information content (AvgIpc) is 3.35. The van der Waals surface area contributed by atoms with Gasteiger partial charge in [-0.3, -0.25) is 0 Å². The standard InChI is InChI=1S/C22H20N6O/c23-12-14-3-1-4-16(11-14)26-22(29)28-9-7-15(8-10-28)20-19-17-5-2-6-18(17)27-21(19)25-13-24-20/h1,3-4,7,11,13H,2,5-6,8-10H2,(H,26,29)(H,24,25,27). The number of benzene rings is 1. The van der Waals surface area contributed by atoms with Gasteiger partial charge in [-0.25, -0.2) is 14.8 Å². The van der Waals surface area contributed by atoms with Crippen LogP contribution in [0.2, 0.25) is 0 Å². The van der Waals surface area contributed by atoms with Gasteiger partial charge in [-0.15, -0.1) is 0 Å². The molecule has 0 radical (unpaired) electrons. The number of H-pyrrole nitrogens is 1. The summed E-state index contributed by atoms with van der Waals surface area (Å²) >= 11 is 0. The maximum Gasteiger partial charge on any atom is 0.322 e. The van der Waals surface area contributed by atoms with Crippen molar-refractivity contribution in [3.63, 3.8) is 0 Å². The first kappa shape index (κ1) is 17.4. The molecule has 144 valence electrons. The van der Waals surface area contributed by atoms with Gasteiger partial charge in [0.1, 0.15) is 12.0 Å². The number of amides is 2. The Morgan fingerprint density at radius 3 is 3.00 bits per heavy atom. The van der Waals surface area contributed by atoms with Gasteiger partial charge in [0.2, 0.25) is 0 Å². The summed E-state index contributed by atoms with van der Waals surface area (Å²) in [6.07, 6.45) is 7.77. The minimum atomic E-state index is -0.161. The monoisotopic (exact) mass is 384 g/mol. The van der Waals surface area contributed by atoms with Crippen LogP contribution in [0.1, 0.15) is 35.4 Å². The van der Waals surface area contributed by atoms with Gasteiger partial charge in [-0.2, -0.15) is 5.26 Å². The van der Waals surface area contributed by atoms with Crippen molar-refractivity contribution in [2.24, 2.45) is 0 Å². The molecule has 1 aliphatic carbocycles. The summed E-state index contributed by atoms with van der Waals surface area (Å²) in [4.78, 5) is 26.8. The van der Waals surface area contributed by atoms with Gasteiger partial charge in [0.25, 0.3) is 0 Å². The molecule has 5 rings (SSSR count). The van der Waals surface area contributed by atoms with Gasteiger partial charge < -0.3 is 15.2 Å². The number of nitrogens with zero attached hydrogens (tertiary/aromatic N) is 4. The Morgan fingerprint density at radius 2 is 2.17 bits per heavy atom. The van der Waals surface area contributed by atoms with Crippen molar-refractivity contribution >= 4 is 28.3 Å². The molecular formula is C22H20N6O. The largest absolute Gasteiger partial charge is 0.343 e. The van der Waals surface area contributed by atoms with Crippen LogP contribution in [-0.2, 0) is 12.8 Å². The summed E-state index contributed by atoms with van der Waals surface area (Å²) in [5.74, 6) is 0. The van der Waals surface area contributed by atoms with E-state index >= 15 is 0 Å². The number of urea groups is 1. The molecule has 1 aromatic carbocycles. The lowest BCUT2D eigenvalue weighted by Gasteiger charge is -2.26. The minimum absolute atomic E-state index is 0.161. The summed E-state index contributed by atoms with van der Waals surface area (Å²) in [7, 11) is 0. The number of carbonyl (C=O) groups excluding carboxylic acids is 1. The molecule has 7 heteroatoms. The first-order valence-corrected chi connectivity index (χ1v) is 9.83. The number of hydrogen-bond acceptors (Lipinski definition) is 4. The van der Waals surface area contributed by atoms with Crippen molar-refractivity contribution in [3.05, 3.63) is 59.2 Å². The summed E-state index contributed by atoms with van der Waals surface area (Å²) in [5.41, 5.74) is 6.88. The number of rotatable bonds is 2. The fraction of sp³-hybridized carbons (Fsp3) is 0.273. The van der Waals surface area contributed by atoms with Gasteiger partial charge in [0.15, 0.2) is 0 Å². The predicted octanol–water partition coefficient (Wildman–Crippen LogP) is 3.64. The van der Waals surface area contributed by atoms with E-state index in [4.69, 9.17) is 5.26 Å². The van der Waals surface area contributed by atoms with E-state index in [-0.39, 0.29) is 6.03 Å². The SMILES string of the molecule is N#Cc1cccc(NC(=O)N2CC=C(c3ncnc4[nH]c5c(c34)CCC5)CC2)c1. The van der Waals surface area contributed by atoms with E-state index in [1.165, 1.54) is 23.3 Å². The van der Waals surface area contributed by atoms with E-state index < -0.39 is 0 Å². The van der Waals surface area contributed by atoms with Gasteiger partial charge in [-0.1, -0.05) is 12.1 Å². The smallest absolute Gasteiger partial charge is 0.322 e. The third kappa shape index (κ3) is 3.13. The second-order valence-corrected chi connectivity index (χ2v) is 7.43. The maximum atomic E-state index is 12.6. The van der Waals surface area contributed by atoms with Crippen LogP contribution >= 0.6 is 0 Å². The molecule has 1 aliphatic heterocycles. The summed E-state index contributed by atoms with van der Waals surface area (Å²) in [5, 5.41) is 13.0. The molecule has 7 nitrogen and oxygen atoms in total. The van der Waals surface area contributed by atoms with Crippen molar-refractivity contribution in [2.45, 2.75) is 25.7 Å². The van der Waals surface area contributed by atoms with Crippen LogP contribution < -0.4 is 5.32 Å². The highest BCUT2D eigenvalue weighted by Gasteiger charge is 2.24. The number of carbonyl (C=O) groups is 1. The zero-order valence-corrected chi connectivity index (χ0v) is 15.9. The van der Waals surface area contributed by atoms with Crippen LogP contribution in [0, 0.1) is 11.3 Å². The molecule has 0 unspecified atom stereocenters. The molecular weight excluding hydrogens is 364 g/mol. The van der Waals surface area contributed by atoms with E-state index in [0.717, 1.165) is 36.0 Å². The van der Waals surface area contributed by atoms with Crippen LogP contribution in [0.4, 0.5) is 10.5 Å². The predicted molar refractivity (Wildman–Crippen MR) is 110 cm³/mol. The lowest BCUT2D eigenvalue weighted by Crippen LogP contribution is -2.38. The Balaban J connectivity index is 1.35. The molecule has 3 heterocycles. The lowest BCUT2D eigenvalue weighted by molar-refractivity contribution is 0.217. The second kappa shape index (κ2) is 7.06. The molecule has 0 fully saturated rings. The molecule has 0 spiro atoms. The lowest BCUT2D eigenvalue weighted by atomic mass is 10.00. The molecule has 0 saturated heterocycles. The molecule has 2 aliphatic rings. The number of nitrogens with one attached hydrogen (secondary N) is 2. The Kier molecular flexibility index (Phi) is 4.24. The first-order valence-electron chi connectivity index (χ1n) is 9.83. The Labute approximate surface area is 168 Å². The number of fused-ring (bicyclic) bond motifs is 3. The fourth-order valence-corrected chi connectivity index (χ4v) is 4.25. The Morgan fingerprint density at radius 1 is 1.24 bits per heavy atom. The Bertz CT molecular complexity index is 1190. The van der Waals surface area contributed by atoms with Crippen LogP contribution in [0.5, 0.6) is 0 Å². The Hall–Kier alpha value is -3.66. The number of aromatic amines is 1. The number of aromatic nitrogens is 3. The normalized spacial score (nSPS) is 15.7. The van der Waals surface area contributed by atoms with Crippen molar-refractivity contribution in [3.8, 4) is 6.07 Å². The van der Waals surface area contributed by atoms with Crippen molar-refractivity contribution in [1.29, 1.82) is 5.26 Å². The van der Waals surface area contributed by atoms with E-state index in [1.807, 2.05) is 0 Å². The van der Waals surface area contributed by atoms with E-state index in [1.54, 1.807) is 35.5 Å². The average molecular weight is 384 g/mol. The van der Waals surface area contributed by atoms with Gasteiger partial charge >= 0.3 is 6.03 Å². The maximum absolute atomic E-state index is 12.6. The molecule has 3 aromatic rings. The zero-order valence-electron chi connectivity index (χ0n) is 15.9. The quantitative estimate of drug-likeness (QED) is 0.705. The van der Waals surface area contributed by atoms with Gasteiger partial charge in [-0.05, 0) is 55.0 Å². The summed E-state index contributed by atoms with van der Waals surface area (Å²) < 4.78 is 0. The third-order valence-corrected chi connectivity index (χ3v) is 5.68. The van der Waals surface area contributed by atoms with Crippen LogP contribution in [0.25, 0.3) is 16.6 Å². The number of nitriles is 1. The highest BCUT2D eigenvalue weighted by Crippen LogP contribution is 2.34. The summed E-state index contributed by atoms with van der Waals surface area (Å²) in [6, 6.07) is 8.86. The molecule has 0 bridgehead atoms. The number of hydrogen-bond donors (Lipinski definition) is 2. The van der Waals surface area contributed by atoms with Crippen LogP contribution in [-0.4, -0.2) is 39.0 Å². The second-order valence-electron chi connectivity index (χ2n) is 7.43. The van der Waals surface area contributed by atoms with Crippen molar-refractivity contribution in [1.82, 2.24) is 19.9 Å².